The quantitative estimate of drug-likeness (QED) is 0.838. The van der Waals surface area contributed by atoms with Gasteiger partial charge in [-0.2, -0.15) is 5.26 Å². The number of carbonyl (C=O) groups is 1. The summed E-state index contributed by atoms with van der Waals surface area (Å²) in [5.74, 6) is -0.0682. The van der Waals surface area contributed by atoms with Crippen LogP contribution < -0.4 is 5.73 Å². The van der Waals surface area contributed by atoms with Gasteiger partial charge < -0.3 is 15.2 Å². The summed E-state index contributed by atoms with van der Waals surface area (Å²) in [6.07, 6.45) is 2.10. The van der Waals surface area contributed by atoms with E-state index < -0.39 is 0 Å². The number of nitrogen functional groups attached to an aromatic ring is 1. The zero-order valence-electron chi connectivity index (χ0n) is 10.3. The van der Waals surface area contributed by atoms with Crippen molar-refractivity contribution in [1.29, 1.82) is 5.26 Å². The summed E-state index contributed by atoms with van der Waals surface area (Å²) < 4.78 is 1.83. The Morgan fingerprint density at radius 2 is 2.29 bits per heavy atom. The number of carbonyl (C=O) groups excluding carboxylic acids is 1. The Labute approximate surface area is 101 Å². The number of nitriles is 1. The van der Waals surface area contributed by atoms with Crippen LogP contribution in [-0.4, -0.2) is 28.5 Å². The van der Waals surface area contributed by atoms with Crippen LogP contribution in [0.4, 0.5) is 5.69 Å². The number of nitrogens with two attached hydrogens (primary N) is 1. The fourth-order valence-electron chi connectivity index (χ4n) is 1.72. The number of nitrogens with zero attached hydrogens (tertiary/aromatic N) is 3. The third-order valence-corrected chi connectivity index (χ3v) is 2.64. The van der Waals surface area contributed by atoms with Crippen molar-refractivity contribution in [3.8, 4) is 6.07 Å². The zero-order chi connectivity index (χ0) is 12.8. The van der Waals surface area contributed by atoms with Crippen molar-refractivity contribution in [2.75, 3.05) is 18.8 Å². The SMILES string of the molecule is CCN(CCC#N)C(=O)c1cc(N)cn1CC. The lowest BCUT2D eigenvalue weighted by atomic mass is 10.3. The Hall–Kier alpha value is -1.96. The Bertz CT molecular complexity index is 430. The molecule has 0 aliphatic heterocycles. The van der Waals surface area contributed by atoms with Gasteiger partial charge in [-0.1, -0.05) is 0 Å². The van der Waals surface area contributed by atoms with E-state index in [-0.39, 0.29) is 5.91 Å². The highest BCUT2D eigenvalue weighted by atomic mass is 16.2. The fourth-order valence-corrected chi connectivity index (χ4v) is 1.72. The molecule has 0 radical (unpaired) electrons. The average molecular weight is 234 g/mol. The summed E-state index contributed by atoms with van der Waals surface area (Å²) in [4.78, 5) is 13.9. The first-order valence-corrected chi connectivity index (χ1v) is 5.75. The average Bonchev–Trinajstić information content (AvgIpc) is 2.71. The van der Waals surface area contributed by atoms with Crippen LogP contribution >= 0.6 is 0 Å². The molecular formula is C12H18N4O. The van der Waals surface area contributed by atoms with E-state index in [2.05, 4.69) is 0 Å². The first-order valence-electron chi connectivity index (χ1n) is 5.75. The molecule has 0 fully saturated rings. The second kappa shape index (κ2) is 5.94. The van der Waals surface area contributed by atoms with Crippen LogP contribution in [0.2, 0.25) is 0 Å². The zero-order valence-corrected chi connectivity index (χ0v) is 10.3. The van der Waals surface area contributed by atoms with Gasteiger partial charge in [0.05, 0.1) is 18.2 Å². The van der Waals surface area contributed by atoms with E-state index in [1.807, 2.05) is 24.5 Å². The predicted molar refractivity (Wildman–Crippen MR) is 66.3 cm³/mol. The molecule has 1 amide bonds. The lowest BCUT2D eigenvalue weighted by Gasteiger charge is -2.20. The number of anilines is 1. The lowest BCUT2D eigenvalue weighted by Crippen LogP contribution is -2.33. The molecule has 0 aliphatic carbocycles. The summed E-state index contributed by atoms with van der Waals surface area (Å²) in [6.45, 7) is 5.61. The van der Waals surface area contributed by atoms with Crippen LogP contribution in [-0.2, 0) is 6.54 Å². The summed E-state index contributed by atoms with van der Waals surface area (Å²) in [7, 11) is 0. The summed E-state index contributed by atoms with van der Waals surface area (Å²) in [6, 6.07) is 3.73. The highest BCUT2D eigenvalue weighted by Crippen LogP contribution is 2.13. The van der Waals surface area contributed by atoms with Crippen molar-refractivity contribution >= 4 is 11.6 Å². The molecule has 2 N–H and O–H groups in total. The van der Waals surface area contributed by atoms with Crippen LogP contribution in [0.25, 0.3) is 0 Å². The highest BCUT2D eigenvalue weighted by Gasteiger charge is 2.17. The molecule has 5 heteroatoms. The molecule has 1 aromatic rings. The molecule has 5 nitrogen and oxygen atoms in total. The molecule has 0 unspecified atom stereocenters. The maximum atomic E-state index is 12.2. The second-order valence-corrected chi connectivity index (χ2v) is 3.74. The molecule has 1 aromatic heterocycles. The third-order valence-electron chi connectivity index (χ3n) is 2.64. The molecule has 0 spiro atoms. The minimum absolute atomic E-state index is 0.0682. The summed E-state index contributed by atoms with van der Waals surface area (Å²) >= 11 is 0. The lowest BCUT2D eigenvalue weighted by molar-refractivity contribution is 0.0757. The molecule has 0 saturated carbocycles. The number of amides is 1. The number of aryl methyl sites for hydroxylation is 1. The van der Waals surface area contributed by atoms with E-state index >= 15 is 0 Å². The smallest absolute Gasteiger partial charge is 0.270 e. The molecule has 0 aliphatic rings. The number of rotatable bonds is 5. The van der Waals surface area contributed by atoms with Gasteiger partial charge in [-0.05, 0) is 19.9 Å². The molecule has 1 heterocycles. The molecular weight excluding hydrogens is 216 g/mol. The van der Waals surface area contributed by atoms with E-state index in [0.29, 0.717) is 37.4 Å². The monoisotopic (exact) mass is 234 g/mol. The second-order valence-electron chi connectivity index (χ2n) is 3.74. The van der Waals surface area contributed by atoms with Crippen molar-refractivity contribution in [2.24, 2.45) is 0 Å². The molecule has 0 atom stereocenters. The van der Waals surface area contributed by atoms with Crippen molar-refractivity contribution in [3.05, 3.63) is 18.0 Å². The van der Waals surface area contributed by atoms with Crippen molar-refractivity contribution in [1.82, 2.24) is 9.47 Å². The normalized spacial score (nSPS) is 9.94. The maximum Gasteiger partial charge on any atom is 0.270 e. The first-order chi connectivity index (χ1) is 8.13. The largest absolute Gasteiger partial charge is 0.397 e. The predicted octanol–water partition coefficient (Wildman–Crippen LogP) is 1.47. The maximum absolute atomic E-state index is 12.2. The van der Waals surface area contributed by atoms with Crippen molar-refractivity contribution in [2.45, 2.75) is 26.8 Å². The van der Waals surface area contributed by atoms with E-state index in [0.717, 1.165) is 0 Å². The van der Waals surface area contributed by atoms with Gasteiger partial charge in [-0.15, -0.1) is 0 Å². The van der Waals surface area contributed by atoms with Crippen LogP contribution in [0.1, 0.15) is 30.8 Å². The van der Waals surface area contributed by atoms with E-state index in [9.17, 15) is 4.79 Å². The first kappa shape index (κ1) is 13.1. The van der Waals surface area contributed by atoms with Gasteiger partial charge in [0, 0.05) is 25.8 Å². The standard InChI is InChI=1S/C12H18N4O/c1-3-15(7-5-6-13)12(17)11-8-10(14)9-16(11)4-2/h8-9H,3-5,7,14H2,1-2H3. The molecule has 1 rings (SSSR count). The van der Waals surface area contributed by atoms with Crippen molar-refractivity contribution < 1.29 is 4.79 Å². The van der Waals surface area contributed by atoms with E-state index in [1.54, 1.807) is 17.2 Å². The van der Waals surface area contributed by atoms with Crippen molar-refractivity contribution in [3.63, 3.8) is 0 Å². The van der Waals surface area contributed by atoms with Gasteiger partial charge in [0.25, 0.3) is 5.91 Å². The number of hydrogen-bond acceptors (Lipinski definition) is 3. The Balaban J connectivity index is 2.89. The number of hydrogen-bond donors (Lipinski definition) is 1. The van der Waals surface area contributed by atoms with Gasteiger partial charge in [0.1, 0.15) is 5.69 Å². The third kappa shape index (κ3) is 3.00. The van der Waals surface area contributed by atoms with E-state index in [1.165, 1.54) is 0 Å². The Morgan fingerprint density at radius 1 is 1.59 bits per heavy atom. The van der Waals surface area contributed by atoms with Gasteiger partial charge in [-0.25, -0.2) is 0 Å². The highest BCUT2D eigenvalue weighted by molar-refractivity contribution is 5.93. The van der Waals surface area contributed by atoms with Gasteiger partial charge in [0.15, 0.2) is 0 Å². The van der Waals surface area contributed by atoms with E-state index in [4.69, 9.17) is 11.0 Å². The summed E-state index contributed by atoms with van der Waals surface area (Å²) in [5, 5.41) is 8.55. The summed E-state index contributed by atoms with van der Waals surface area (Å²) in [5.41, 5.74) is 6.87. The molecule has 92 valence electrons. The molecule has 0 aromatic carbocycles. The Kier molecular flexibility index (Phi) is 4.58. The number of aromatic nitrogens is 1. The van der Waals surface area contributed by atoms with Crippen LogP contribution in [0, 0.1) is 11.3 Å². The van der Waals surface area contributed by atoms with Gasteiger partial charge >= 0.3 is 0 Å². The minimum atomic E-state index is -0.0682. The van der Waals surface area contributed by atoms with Crippen LogP contribution in [0.15, 0.2) is 12.3 Å². The van der Waals surface area contributed by atoms with Crippen LogP contribution in [0.5, 0.6) is 0 Å². The molecule has 0 saturated heterocycles. The van der Waals surface area contributed by atoms with Crippen LogP contribution in [0.3, 0.4) is 0 Å². The van der Waals surface area contributed by atoms with Gasteiger partial charge in [0.2, 0.25) is 0 Å². The fraction of sp³-hybridized carbons (Fsp3) is 0.500. The minimum Gasteiger partial charge on any atom is -0.397 e. The Morgan fingerprint density at radius 3 is 2.82 bits per heavy atom. The topological polar surface area (TPSA) is 75.1 Å². The molecule has 17 heavy (non-hydrogen) atoms. The molecule has 0 bridgehead atoms. The van der Waals surface area contributed by atoms with Gasteiger partial charge in [-0.3, -0.25) is 4.79 Å².